The van der Waals surface area contributed by atoms with Crippen LogP contribution in [0.2, 0.25) is 0 Å². The summed E-state index contributed by atoms with van der Waals surface area (Å²) in [4.78, 5) is 23.4. The van der Waals surface area contributed by atoms with Crippen LogP contribution >= 0.6 is 7.82 Å². The van der Waals surface area contributed by atoms with Gasteiger partial charge in [0.25, 0.3) is 0 Å². The molecule has 8 nitrogen and oxygen atoms in total. The van der Waals surface area contributed by atoms with Crippen molar-refractivity contribution in [2.24, 2.45) is 0 Å². The van der Waals surface area contributed by atoms with Gasteiger partial charge in [-0.3, -0.25) is 13.8 Å². The summed E-state index contributed by atoms with van der Waals surface area (Å²) >= 11 is 0. The van der Waals surface area contributed by atoms with Crippen molar-refractivity contribution in [1.82, 2.24) is 5.32 Å². The molecule has 0 bridgehead atoms. The molecule has 0 saturated heterocycles. The number of phosphoric ester groups is 1. The number of nitrogens with zero attached hydrogens (tertiary/aromatic N) is 1. The number of carbonyl (C=O) groups is 1. The van der Waals surface area contributed by atoms with Gasteiger partial charge in [-0.25, -0.2) is 4.57 Å². The highest BCUT2D eigenvalue weighted by molar-refractivity contribution is 7.47. The maximum atomic E-state index is 13.1. The van der Waals surface area contributed by atoms with Crippen LogP contribution in [0.1, 0.15) is 393 Å². The Labute approximate surface area is 507 Å². The van der Waals surface area contributed by atoms with Gasteiger partial charge in [0.05, 0.1) is 39.9 Å². The van der Waals surface area contributed by atoms with Gasteiger partial charge in [-0.15, -0.1) is 0 Å². The van der Waals surface area contributed by atoms with E-state index in [2.05, 4.69) is 19.2 Å². The van der Waals surface area contributed by atoms with Crippen LogP contribution in [0.5, 0.6) is 0 Å². The predicted octanol–water partition coefficient (Wildman–Crippen LogP) is 23.3. The molecule has 0 spiro atoms. The van der Waals surface area contributed by atoms with E-state index in [0.29, 0.717) is 17.4 Å². The summed E-state index contributed by atoms with van der Waals surface area (Å²) in [5, 5.41) is 14.0. The molecule has 0 aliphatic rings. The molecule has 0 radical (unpaired) electrons. The lowest BCUT2D eigenvalue weighted by atomic mass is 10.0. The number of aliphatic hydroxyl groups excluding tert-OH is 1. The number of quaternary nitrogens is 1. The van der Waals surface area contributed by atoms with Crippen LogP contribution in [0, 0.1) is 0 Å². The zero-order valence-electron chi connectivity index (χ0n) is 55.6. The normalized spacial score (nSPS) is 13.6. The molecule has 3 atom stereocenters. The Morgan fingerprint density at radius 3 is 0.914 bits per heavy atom. The molecule has 0 fully saturated rings. The summed E-state index contributed by atoms with van der Waals surface area (Å²) in [7, 11) is 1.60. The highest BCUT2D eigenvalue weighted by Crippen LogP contribution is 2.43. The van der Waals surface area contributed by atoms with Crippen molar-refractivity contribution in [1.29, 1.82) is 0 Å². The van der Waals surface area contributed by atoms with Crippen LogP contribution < -0.4 is 5.32 Å². The third-order valence-electron chi connectivity index (χ3n) is 17.3. The van der Waals surface area contributed by atoms with Gasteiger partial charge in [0.1, 0.15) is 13.2 Å². The van der Waals surface area contributed by atoms with Crippen molar-refractivity contribution in [3.05, 3.63) is 12.2 Å². The quantitative estimate of drug-likeness (QED) is 0.0243. The van der Waals surface area contributed by atoms with E-state index < -0.39 is 20.0 Å². The molecule has 0 aliphatic carbocycles. The van der Waals surface area contributed by atoms with E-state index in [1.165, 1.54) is 340 Å². The van der Waals surface area contributed by atoms with Gasteiger partial charge in [0.2, 0.25) is 5.91 Å². The number of carbonyl (C=O) groups excluding carboxylic acids is 1. The second kappa shape index (κ2) is 63.7. The van der Waals surface area contributed by atoms with Crippen LogP contribution in [0.3, 0.4) is 0 Å². The predicted molar refractivity (Wildman–Crippen MR) is 355 cm³/mol. The van der Waals surface area contributed by atoms with Gasteiger partial charge in [0.15, 0.2) is 0 Å². The maximum Gasteiger partial charge on any atom is 0.472 e. The first kappa shape index (κ1) is 80.2. The van der Waals surface area contributed by atoms with E-state index >= 15 is 0 Å². The average molecular weight is 1170 g/mol. The number of hydrogen-bond donors (Lipinski definition) is 3. The van der Waals surface area contributed by atoms with Gasteiger partial charge >= 0.3 is 7.82 Å². The smallest absolute Gasteiger partial charge is 0.387 e. The lowest BCUT2D eigenvalue weighted by Gasteiger charge is -2.25. The third-order valence-corrected chi connectivity index (χ3v) is 18.2. The Bertz CT molecular complexity index is 1320. The summed E-state index contributed by atoms with van der Waals surface area (Å²) in [6, 6.07) is -0.844. The SMILES string of the molecule is CCCCCCCCCCCCCCCCCCCCCCCCCCCC/C=C/C(O)C(COP(=O)(O)OCC[N+](C)(C)C)NC(=O)CCCCCCCCCCCCCCCCCCCCCCCCCCCCCCCCC. The van der Waals surface area contributed by atoms with Gasteiger partial charge < -0.3 is 19.8 Å². The molecule has 9 heteroatoms. The van der Waals surface area contributed by atoms with E-state index in [-0.39, 0.29) is 19.1 Å². The van der Waals surface area contributed by atoms with Crippen molar-refractivity contribution in [3.63, 3.8) is 0 Å². The molecule has 0 aromatic carbocycles. The Morgan fingerprint density at radius 2 is 0.654 bits per heavy atom. The molecule has 0 rings (SSSR count). The van der Waals surface area contributed by atoms with Gasteiger partial charge in [-0.2, -0.15) is 0 Å². The first-order valence-electron chi connectivity index (χ1n) is 36.6. The first-order chi connectivity index (χ1) is 39.5. The standard InChI is InChI=1S/C72H145N2O6P/c1-6-8-10-12-14-16-18-20-22-24-26-28-30-32-34-36-37-38-40-42-44-46-48-50-52-54-56-58-60-62-64-66-72(76)73-70(69-80-81(77,78)79-68-67-74(3,4)5)71(75)65-63-61-59-57-55-53-51-49-47-45-43-41-39-35-33-31-29-27-25-23-21-19-17-15-13-11-9-7-2/h63,65,70-71,75H,6-62,64,66-69H2,1-5H3,(H-,73,76,77,78)/p+1/b65-63+. The number of hydrogen-bond acceptors (Lipinski definition) is 5. The van der Waals surface area contributed by atoms with E-state index in [9.17, 15) is 19.4 Å². The zero-order chi connectivity index (χ0) is 59.1. The van der Waals surface area contributed by atoms with Crippen molar-refractivity contribution in [2.45, 2.75) is 405 Å². The van der Waals surface area contributed by atoms with Crippen LogP contribution in [-0.4, -0.2) is 73.4 Å². The van der Waals surface area contributed by atoms with Crippen LogP contribution in [0.25, 0.3) is 0 Å². The summed E-state index contributed by atoms with van der Waals surface area (Å²) in [5.41, 5.74) is 0. The van der Waals surface area contributed by atoms with Gasteiger partial charge in [-0.1, -0.05) is 379 Å². The zero-order valence-corrected chi connectivity index (χ0v) is 56.5. The highest BCUT2D eigenvalue weighted by atomic mass is 31.2. The minimum absolute atomic E-state index is 0.0656. The van der Waals surface area contributed by atoms with Crippen LogP contribution in [0.4, 0.5) is 0 Å². The molecule has 3 N–H and O–H groups in total. The number of amides is 1. The van der Waals surface area contributed by atoms with E-state index in [4.69, 9.17) is 9.05 Å². The number of aliphatic hydroxyl groups is 1. The summed E-state index contributed by atoms with van der Waals surface area (Å²) in [6.45, 7) is 4.89. The summed E-state index contributed by atoms with van der Waals surface area (Å²) in [5.74, 6) is -0.166. The lowest BCUT2D eigenvalue weighted by Crippen LogP contribution is -2.45. The Hall–Kier alpha value is -0.760. The average Bonchev–Trinajstić information content (AvgIpc) is 3.43. The van der Waals surface area contributed by atoms with Gasteiger partial charge in [0, 0.05) is 6.42 Å². The number of likely N-dealkylation sites (N-methyl/N-ethyl adjacent to an activating group) is 1. The molecule has 3 unspecified atom stereocenters. The minimum Gasteiger partial charge on any atom is -0.387 e. The molecule has 0 heterocycles. The Balaban J connectivity index is 4.00. The van der Waals surface area contributed by atoms with E-state index in [0.717, 1.165) is 32.1 Å². The Morgan fingerprint density at radius 1 is 0.407 bits per heavy atom. The van der Waals surface area contributed by atoms with E-state index in [1.54, 1.807) is 6.08 Å². The molecule has 0 aliphatic heterocycles. The fourth-order valence-corrected chi connectivity index (χ4v) is 12.3. The number of nitrogens with one attached hydrogen (secondary N) is 1. The van der Waals surface area contributed by atoms with Crippen molar-refractivity contribution < 1.29 is 32.9 Å². The number of rotatable bonds is 69. The van der Waals surface area contributed by atoms with Crippen molar-refractivity contribution >= 4 is 13.7 Å². The third kappa shape index (κ3) is 66.6. The fourth-order valence-electron chi connectivity index (χ4n) is 11.6. The summed E-state index contributed by atoms with van der Waals surface area (Å²) < 4.78 is 23.8. The molecule has 81 heavy (non-hydrogen) atoms. The second-order valence-corrected chi connectivity index (χ2v) is 28.1. The van der Waals surface area contributed by atoms with Gasteiger partial charge in [-0.05, 0) is 19.3 Å². The maximum absolute atomic E-state index is 13.1. The molecule has 1 amide bonds. The van der Waals surface area contributed by atoms with Crippen LogP contribution in [-0.2, 0) is 18.4 Å². The van der Waals surface area contributed by atoms with Crippen LogP contribution in [0.15, 0.2) is 12.2 Å². The topological polar surface area (TPSA) is 105 Å². The van der Waals surface area contributed by atoms with E-state index in [1.807, 2.05) is 27.2 Å². The minimum atomic E-state index is -4.35. The van der Waals surface area contributed by atoms with Crippen molar-refractivity contribution in [3.8, 4) is 0 Å². The molecular weight excluding hydrogens is 1020 g/mol. The lowest BCUT2D eigenvalue weighted by molar-refractivity contribution is -0.870. The largest absolute Gasteiger partial charge is 0.472 e. The molecular formula is C72H146N2O6P+. The monoisotopic (exact) mass is 1170 g/mol. The Kier molecular flexibility index (Phi) is 63.1. The molecule has 0 aromatic heterocycles. The first-order valence-corrected chi connectivity index (χ1v) is 38.1. The van der Waals surface area contributed by atoms with Crippen molar-refractivity contribution in [2.75, 3.05) is 40.9 Å². The second-order valence-electron chi connectivity index (χ2n) is 26.7. The number of allylic oxidation sites excluding steroid dienone is 1. The molecule has 0 saturated carbocycles. The fraction of sp³-hybridized carbons (Fsp3) is 0.958. The number of unbranched alkanes of at least 4 members (excludes halogenated alkanes) is 56. The molecule has 0 aromatic rings. The summed E-state index contributed by atoms with van der Waals surface area (Å²) in [6.07, 6.45) is 82.3. The number of phosphoric acid groups is 1. The highest BCUT2D eigenvalue weighted by Gasteiger charge is 2.28. The molecule has 484 valence electrons.